The Labute approximate surface area is 131 Å². The van der Waals surface area contributed by atoms with Gasteiger partial charge in [0, 0.05) is 10.4 Å². The molecule has 0 spiro atoms. The number of nitrogens with one attached hydrogen (secondary N) is 1. The number of fused-ring (bicyclic) bond motifs is 1. The molecular weight excluding hydrogens is 302 g/mol. The fraction of sp³-hybridized carbons (Fsp3) is 0.312. The predicted octanol–water partition coefficient (Wildman–Crippen LogP) is 2.96. The van der Waals surface area contributed by atoms with Gasteiger partial charge in [-0.1, -0.05) is 11.8 Å². The number of carbonyl (C=O) groups excluding carboxylic acids is 1. The van der Waals surface area contributed by atoms with Crippen molar-refractivity contribution >= 4 is 28.6 Å². The molecular formula is C16H15NO2S2. The molecule has 2 heterocycles. The zero-order chi connectivity index (χ0) is 14.7. The summed E-state index contributed by atoms with van der Waals surface area (Å²) in [7, 11) is 0. The molecule has 0 saturated carbocycles. The Kier molecular flexibility index (Phi) is 4.39. The fourth-order valence-corrected chi connectivity index (χ4v) is 4.32. The SMILES string of the molecule is O=C(NC1CCCc2sccc21)c1sccc1C#CCO. The molecule has 5 heteroatoms. The first-order valence-electron chi connectivity index (χ1n) is 6.84. The number of aliphatic hydroxyl groups is 1. The number of carbonyl (C=O) groups is 1. The summed E-state index contributed by atoms with van der Waals surface area (Å²) >= 11 is 3.16. The average molecular weight is 317 g/mol. The van der Waals surface area contributed by atoms with Crippen LogP contribution in [0.15, 0.2) is 22.9 Å². The first kappa shape index (κ1) is 14.3. The normalized spacial score (nSPS) is 16.7. The van der Waals surface area contributed by atoms with E-state index in [1.807, 2.05) is 11.4 Å². The van der Waals surface area contributed by atoms with Gasteiger partial charge in [-0.3, -0.25) is 4.79 Å². The number of hydrogen-bond donors (Lipinski definition) is 2. The number of rotatable bonds is 2. The maximum absolute atomic E-state index is 12.5. The molecule has 0 saturated heterocycles. The second-order valence-electron chi connectivity index (χ2n) is 4.84. The van der Waals surface area contributed by atoms with Crippen molar-refractivity contribution < 1.29 is 9.90 Å². The maximum Gasteiger partial charge on any atom is 0.263 e. The lowest BCUT2D eigenvalue weighted by Gasteiger charge is -2.23. The summed E-state index contributed by atoms with van der Waals surface area (Å²) in [6, 6.07) is 4.04. The van der Waals surface area contributed by atoms with Crippen LogP contribution in [0.4, 0.5) is 0 Å². The van der Waals surface area contributed by atoms with Crippen LogP contribution in [0.5, 0.6) is 0 Å². The van der Waals surface area contributed by atoms with Crippen molar-refractivity contribution in [2.75, 3.05) is 6.61 Å². The van der Waals surface area contributed by atoms with E-state index in [1.54, 1.807) is 11.3 Å². The minimum absolute atomic E-state index is 0.0729. The second kappa shape index (κ2) is 6.44. The third-order valence-electron chi connectivity index (χ3n) is 3.53. The van der Waals surface area contributed by atoms with Crippen LogP contribution in [0.2, 0.25) is 0 Å². The zero-order valence-corrected chi connectivity index (χ0v) is 13.0. The topological polar surface area (TPSA) is 49.3 Å². The number of amides is 1. The molecule has 1 amide bonds. The summed E-state index contributed by atoms with van der Waals surface area (Å²) < 4.78 is 0. The van der Waals surface area contributed by atoms with E-state index in [1.165, 1.54) is 21.8 Å². The van der Waals surface area contributed by atoms with E-state index in [4.69, 9.17) is 5.11 Å². The Hall–Kier alpha value is -1.61. The van der Waals surface area contributed by atoms with Crippen LogP contribution < -0.4 is 5.32 Å². The van der Waals surface area contributed by atoms with Crippen LogP contribution in [-0.2, 0) is 6.42 Å². The molecule has 3 nitrogen and oxygen atoms in total. The third-order valence-corrected chi connectivity index (χ3v) is 5.44. The number of aliphatic hydroxyl groups excluding tert-OH is 1. The molecule has 0 fully saturated rings. The summed E-state index contributed by atoms with van der Waals surface area (Å²) in [5, 5.41) is 15.8. The molecule has 1 aliphatic rings. The molecule has 0 radical (unpaired) electrons. The first-order valence-corrected chi connectivity index (χ1v) is 8.60. The van der Waals surface area contributed by atoms with Crippen molar-refractivity contribution in [3.8, 4) is 11.8 Å². The second-order valence-corrected chi connectivity index (χ2v) is 6.76. The third kappa shape index (κ3) is 3.03. The summed E-state index contributed by atoms with van der Waals surface area (Å²) in [6.45, 7) is -0.197. The van der Waals surface area contributed by atoms with Gasteiger partial charge < -0.3 is 10.4 Å². The largest absolute Gasteiger partial charge is 0.384 e. The van der Waals surface area contributed by atoms with E-state index in [0.29, 0.717) is 10.4 Å². The lowest BCUT2D eigenvalue weighted by atomic mass is 9.94. The Balaban J connectivity index is 1.78. The Bertz CT molecular complexity index is 705. The number of thiophene rings is 2. The zero-order valence-electron chi connectivity index (χ0n) is 11.4. The van der Waals surface area contributed by atoms with Gasteiger partial charge in [-0.05, 0) is 47.7 Å². The van der Waals surface area contributed by atoms with Gasteiger partial charge in [-0.2, -0.15) is 0 Å². The molecule has 21 heavy (non-hydrogen) atoms. The highest BCUT2D eigenvalue weighted by molar-refractivity contribution is 7.12. The molecule has 0 aromatic carbocycles. The van der Waals surface area contributed by atoms with Crippen LogP contribution in [0.1, 0.15) is 44.6 Å². The molecule has 3 rings (SSSR count). The molecule has 108 valence electrons. The van der Waals surface area contributed by atoms with Gasteiger partial charge in [-0.15, -0.1) is 22.7 Å². The fourth-order valence-electron chi connectivity index (χ4n) is 2.58. The molecule has 0 aliphatic heterocycles. The number of hydrogen-bond acceptors (Lipinski definition) is 4. The molecule has 2 aromatic heterocycles. The van der Waals surface area contributed by atoms with Crippen molar-refractivity contribution in [2.45, 2.75) is 25.3 Å². The van der Waals surface area contributed by atoms with Gasteiger partial charge in [0.2, 0.25) is 0 Å². The van der Waals surface area contributed by atoms with Crippen molar-refractivity contribution in [1.82, 2.24) is 5.32 Å². The van der Waals surface area contributed by atoms with Gasteiger partial charge in [0.1, 0.15) is 11.5 Å². The molecule has 1 unspecified atom stereocenters. The van der Waals surface area contributed by atoms with Crippen LogP contribution in [0.25, 0.3) is 0 Å². The van der Waals surface area contributed by atoms with Crippen molar-refractivity contribution in [3.05, 3.63) is 43.8 Å². The minimum atomic E-state index is -0.197. The quantitative estimate of drug-likeness (QED) is 0.837. The van der Waals surface area contributed by atoms with E-state index >= 15 is 0 Å². The summed E-state index contributed by atoms with van der Waals surface area (Å²) in [5.74, 6) is 5.35. The van der Waals surface area contributed by atoms with Crippen molar-refractivity contribution in [2.24, 2.45) is 0 Å². The lowest BCUT2D eigenvalue weighted by Crippen LogP contribution is -2.30. The molecule has 1 atom stereocenters. The highest BCUT2D eigenvalue weighted by Crippen LogP contribution is 2.33. The Morgan fingerprint density at radius 1 is 1.38 bits per heavy atom. The van der Waals surface area contributed by atoms with Crippen molar-refractivity contribution in [3.63, 3.8) is 0 Å². The highest BCUT2D eigenvalue weighted by atomic mass is 32.1. The lowest BCUT2D eigenvalue weighted by molar-refractivity contribution is 0.0937. The summed E-state index contributed by atoms with van der Waals surface area (Å²) in [6.07, 6.45) is 3.21. The van der Waals surface area contributed by atoms with Gasteiger partial charge >= 0.3 is 0 Å². The van der Waals surface area contributed by atoms with Gasteiger partial charge in [0.05, 0.1) is 6.04 Å². The van der Waals surface area contributed by atoms with E-state index < -0.39 is 0 Å². The van der Waals surface area contributed by atoms with E-state index in [2.05, 4.69) is 28.6 Å². The minimum Gasteiger partial charge on any atom is -0.384 e. The van der Waals surface area contributed by atoms with E-state index in [-0.39, 0.29) is 18.6 Å². The predicted molar refractivity (Wildman–Crippen MR) is 85.7 cm³/mol. The summed E-state index contributed by atoms with van der Waals surface area (Å²) in [5.41, 5.74) is 1.95. The summed E-state index contributed by atoms with van der Waals surface area (Å²) in [4.78, 5) is 14.5. The maximum atomic E-state index is 12.5. The Morgan fingerprint density at radius 2 is 2.24 bits per heavy atom. The van der Waals surface area contributed by atoms with E-state index in [9.17, 15) is 4.79 Å². The molecule has 2 N–H and O–H groups in total. The van der Waals surface area contributed by atoms with Gasteiger partial charge in [-0.25, -0.2) is 0 Å². The van der Waals surface area contributed by atoms with Crippen molar-refractivity contribution in [1.29, 1.82) is 0 Å². The monoisotopic (exact) mass is 317 g/mol. The standard InChI is InChI=1S/C16H15NO2S2/c18-8-2-3-11-6-9-21-15(11)16(19)17-13-4-1-5-14-12(13)7-10-20-14/h6-7,9-10,13,18H,1,4-5,8H2,(H,17,19). The van der Waals surface area contributed by atoms with Crippen LogP contribution in [0.3, 0.4) is 0 Å². The Morgan fingerprint density at radius 3 is 3.10 bits per heavy atom. The smallest absolute Gasteiger partial charge is 0.263 e. The van der Waals surface area contributed by atoms with Gasteiger partial charge in [0.15, 0.2) is 0 Å². The van der Waals surface area contributed by atoms with Crippen LogP contribution >= 0.6 is 22.7 Å². The average Bonchev–Trinajstić information content (AvgIpc) is 3.14. The van der Waals surface area contributed by atoms with Crippen LogP contribution in [0, 0.1) is 11.8 Å². The van der Waals surface area contributed by atoms with E-state index in [0.717, 1.165) is 19.3 Å². The van der Waals surface area contributed by atoms with Gasteiger partial charge in [0.25, 0.3) is 5.91 Å². The molecule has 1 aliphatic carbocycles. The molecule has 0 bridgehead atoms. The number of aryl methyl sites for hydroxylation is 1. The first-order chi connectivity index (χ1) is 10.3. The van der Waals surface area contributed by atoms with Crippen LogP contribution in [-0.4, -0.2) is 17.6 Å². The highest BCUT2D eigenvalue weighted by Gasteiger charge is 2.24. The molecule has 2 aromatic rings.